The van der Waals surface area contributed by atoms with Crippen molar-refractivity contribution in [1.82, 2.24) is 29.8 Å². The molecule has 5 fully saturated rings. The fraction of sp³-hybridized carbons (Fsp3) is 0.471. The van der Waals surface area contributed by atoms with Crippen molar-refractivity contribution in [2.24, 2.45) is 23.1 Å². The molecule has 10 aliphatic heterocycles. The number of benzene rings is 6. The van der Waals surface area contributed by atoms with Gasteiger partial charge in [-0.05, 0) is 213 Å². The largest absolute Gasteiger partial charge is 0.507 e. The molecule has 2 atom stereocenters. The number of primary amides is 2. The lowest BCUT2D eigenvalue weighted by Crippen LogP contribution is -2.50. The first kappa shape index (κ1) is 111. The molecule has 37 heteroatoms. The van der Waals surface area contributed by atoms with E-state index in [9.17, 15) is 38.4 Å². The van der Waals surface area contributed by atoms with Crippen LogP contribution in [0, 0.1) is 39.9 Å². The van der Waals surface area contributed by atoms with Gasteiger partial charge in [-0.1, -0.05) is 56.6 Å². The highest BCUT2D eigenvalue weighted by atomic mass is 79.9. The van der Waals surface area contributed by atoms with Gasteiger partial charge in [-0.25, -0.2) is 24.0 Å². The molecule has 6 aromatic carbocycles. The zero-order chi connectivity index (χ0) is 103. The van der Waals surface area contributed by atoms with E-state index in [2.05, 4.69) is 93.7 Å². The Bertz CT molecular complexity index is 5600. The third-order valence-electron chi connectivity index (χ3n) is 22.2. The predicted molar refractivity (Wildman–Crippen MR) is 548 cm³/mol. The number of carbonyl (C=O) groups is 8. The Morgan fingerprint density at radius 2 is 0.745 bits per heavy atom. The number of aromatic hydroxyl groups is 1. The van der Waals surface area contributed by atoms with E-state index in [0.717, 1.165) is 168 Å². The number of hydrogen-bond donors (Lipinski definition) is 5. The summed E-state index contributed by atoms with van der Waals surface area (Å²) in [6, 6.07) is 40.7. The third kappa shape index (κ3) is 36.0. The quantitative estimate of drug-likeness (QED) is 0.0563. The number of nitrogens with two attached hydrogens (primary N) is 3. The van der Waals surface area contributed by atoms with E-state index in [-0.39, 0.29) is 66.3 Å². The molecular formula is C104H134Br2N16O19. The monoisotopic (exact) mass is 2070 g/mol. The number of rotatable bonds is 7. The fourth-order valence-electron chi connectivity index (χ4n) is 15.1. The van der Waals surface area contributed by atoms with Gasteiger partial charge >= 0.3 is 30.5 Å². The number of halogens is 2. The number of nitriles is 3. The van der Waals surface area contributed by atoms with Crippen molar-refractivity contribution in [2.45, 2.75) is 151 Å². The highest BCUT2D eigenvalue weighted by molar-refractivity contribution is 9.10. The number of allylic oxidation sites excluding steroid dienone is 1. The molecule has 16 rings (SSSR count). The highest BCUT2D eigenvalue weighted by Gasteiger charge is 2.34. The number of carbonyl (C=O) groups excluding carboxylic acids is 8. The topological polar surface area (TPSA) is 440 Å². The second-order valence-corrected chi connectivity index (χ2v) is 41.1. The number of piperazine rings is 5. The zero-order valence-corrected chi connectivity index (χ0v) is 86.6. The molecule has 10 aliphatic rings. The number of fused-ring (bicyclic) bond motifs is 5. The van der Waals surface area contributed by atoms with Crippen LogP contribution in [-0.2, 0) is 46.1 Å². The number of nitrogens with one attached hydrogen (secondary N) is 1. The summed E-state index contributed by atoms with van der Waals surface area (Å²) in [6.45, 7) is 47.3. The Kier molecular flexibility index (Phi) is 40.3. The van der Waals surface area contributed by atoms with Crippen LogP contribution in [0.25, 0.3) is 18.2 Å². The van der Waals surface area contributed by atoms with Gasteiger partial charge in [-0.2, -0.15) is 15.8 Å². The van der Waals surface area contributed by atoms with E-state index >= 15 is 0 Å². The van der Waals surface area contributed by atoms with Crippen LogP contribution in [0.2, 0.25) is 0 Å². The predicted octanol–water partition coefficient (Wildman–Crippen LogP) is 15.1. The maximum atomic E-state index is 12.2. The van der Waals surface area contributed by atoms with E-state index in [1.165, 1.54) is 17.7 Å². The number of aldehydes is 1. The lowest BCUT2D eigenvalue weighted by Gasteiger charge is -2.37. The minimum Gasteiger partial charge on any atom is -0.507 e. The van der Waals surface area contributed by atoms with Gasteiger partial charge in [-0.15, -0.1) is 0 Å². The summed E-state index contributed by atoms with van der Waals surface area (Å²) in [5, 5.41) is 37.3. The van der Waals surface area contributed by atoms with Crippen LogP contribution in [0.15, 0.2) is 148 Å². The number of ether oxygens (including phenoxy) is 10. The summed E-state index contributed by atoms with van der Waals surface area (Å²) < 4.78 is 56.9. The van der Waals surface area contributed by atoms with Gasteiger partial charge in [0.2, 0.25) is 11.8 Å². The van der Waals surface area contributed by atoms with E-state index in [0.29, 0.717) is 114 Å². The van der Waals surface area contributed by atoms with Gasteiger partial charge in [0, 0.05) is 216 Å². The minimum atomic E-state index is -0.485. The molecule has 758 valence electrons. The van der Waals surface area contributed by atoms with E-state index in [1.807, 2.05) is 189 Å². The maximum absolute atomic E-state index is 12.2. The molecule has 0 aromatic heterocycles. The van der Waals surface area contributed by atoms with E-state index < -0.39 is 28.3 Å². The molecule has 5 saturated heterocycles. The van der Waals surface area contributed by atoms with Crippen LogP contribution in [0.5, 0.6) is 34.5 Å². The van der Waals surface area contributed by atoms with Crippen LogP contribution in [0.1, 0.15) is 142 Å². The summed E-state index contributed by atoms with van der Waals surface area (Å²) in [7, 11) is 0. The van der Waals surface area contributed by atoms with E-state index in [1.54, 1.807) is 48.8 Å². The number of amides is 7. The normalized spacial score (nSPS) is 17.2. The van der Waals surface area contributed by atoms with Gasteiger partial charge < -0.3 is 119 Å². The van der Waals surface area contributed by atoms with Gasteiger partial charge in [-0.3, -0.25) is 14.4 Å². The summed E-state index contributed by atoms with van der Waals surface area (Å²) in [5.74, 6) is 3.07. The van der Waals surface area contributed by atoms with Crippen molar-refractivity contribution in [3.63, 3.8) is 0 Å². The Morgan fingerprint density at radius 1 is 0.426 bits per heavy atom. The zero-order valence-electron chi connectivity index (χ0n) is 83.4. The molecule has 0 saturated carbocycles. The van der Waals surface area contributed by atoms with Crippen molar-refractivity contribution in [2.75, 3.05) is 184 Å². The average Bonchev–Trinajstić information content (AvgIpc) is 0.805. The lowest BCUT2D eigenvalue weighted by atomic mass is 9.96. The van der Waals surface area contributed by atoms with Crippen molar-refractivity contribution in [3.05, 3.63) is 181 Å². The Balaban J connectivity index is 0.000000186. The van der Waals surface area contributed by atoms with Crippen LogP contribution in [0.4, 0.5) is 46.7 Å². The lowest BCUT2D eigenvalue weighted by molar-refractivity contribution is -0.123. The number of phenolic OH excluding ortho intramolecular Hbond substituents is 1. The van der Waals surface area contributed by atoms with Crippen molar-refractivity contribution in [1.29, 1.82) is 15.8 Å². The van der Waals surface area contributed by atoms with Crippen LogP contribution in [0.3, 0.4) is 0 Å². The molecule has 7 amide bonds. The van der Waals surface area contributed by atoms with Crippen molar-refractivity contribution >= 4 is 121 Å². The molecule has 35 nitrogen and oxygen atoms in total. The highest BCUT2D eigenvalue weighted by Crippen LogP contribution is 2.38. The Morgan fingerprint density at radius 3 is 1.09 bits per heavy atom. The van der Waals surface area contributed by atoms with Crippen molar-refractivity contribution in [3.8, 4) is 52.7 Å². The van der Waals surface area contributed by atoms with E-state index in [4.69, 9.17) is 85.5 Å². The van der Waals surface area contributed by atoms with Gasteiger partial charge in [0.15, 0.2) is 6.29 Å². The van der Waals surface area contributed by atoms with Crippen LogP contribution >= 0.6 is 31.9 Å². The average molecular weight is 2070 g/mol. The molecule has 8 N–H and O–H groups in total. The number of nitrogens with zero attached hydrogens (tertiary/aromatic N) is 12. The number of phenols is 1. The molecule has 0 aliphatic carbocycles. The second-order valence-electron chi connectivity index (χ2n) is 39.3. The SMILES string of the molecule is C=CC#N.CC(C)(C)OC(=O)N1CCN(c2ccc3c(c2)OCC(C#N)=C3)CC1.CC(C)(C)OC(=O)N1CCN(c2ccc3c(c2)OCC(C(N)=O)=C3)CC1.CC(C)(C)OC(=O)N1CCN(c2ccc3c(c2)OCC(C(N)=O)C3)CC1.CC(C)(C)OC(=O)N1CCN(c2ccc3c(c2)OCC(N)C3)CC1.CC(C)(C)OC(=O)N1CCNCC1.N#CC1=Cc2ccc(Br)cc2OC1.O=Cc1ccc(Br)cc1O. The molecule has 6 aromatic rings. The number of hydrogen-bond acceptors (Lipinski definition) is 28. The standard InChI is InChI=1S/C19H27N3O4.C19H25N3O4.C19H23N3O3.C18H27N3O3.C10H6BrNO.C9H18N2O2.C7H5BrO2.C3H3N/c2*1-19(2,3)26-18(24)22-8-6-21(7-9-22)15-5-4-13-10-14(17(20)23)12-25-16(13)11-15;1-19(2,3)25-18(23)22-8-6-21(7-9-22)16-5-4-15-10-14(12-20)13-24-17(15)11-16;1-18(2,3)24-17(22)21-8-6-20(7-9-21)15-5-4-13-10-14(19)12-23-16(13)11-15;11-9-2-1-8-3-7(5-12)6-13-10(8)4-9;1-9(2,3)13-8(12)11-6-4-10-5-7-11;8-6-2-1-5(4-9)7(10)3-6;1-2-3-4/h4-5,11,14H,6-10,12H2,1-3H3,(H2,20,23);4-5,10-11H,6-9,12H2,1-3H3,(H2,20,23);4-5,10-11H,6-9,13H2,1-3H3;4-5,11,14H,6-10,12,19H2,1-3H3;1-4H,6H2;10H,4-7H2,1-3H3;1-4,10H;2H,1H2. The maximum Gasteiger partial charge on any atom is 0.410 e. The van der Waals surface area contributed by atoms with Gasteiger partial charge in [0.25, 0.3) is 0 Å². The molecular weight excluding hydrogens is 1940 g/mol. The summed E-state index contributed by atoms with van der Waals surface area (Å²) >= 11 is 6.51. The van der Waals surface area contributed by atoms with Crippen molar-refractivity contribution < 1.29 is 90.8 Å². The first-order chi connectivity index (χ1) is 66.6. The second kappa shape index (κ2) is 51.1. The Labute approximate surface area is 843 Å². The number of anilines is 4. The van der Waals surface area contributed by atoms with Gasteiger partial charge in [0.1, 0.15) is 95.5 Å². The first-order valence-electron chi connectivity index (χ1n) is 46.8. The summed E-state index contributed by atoms with van der Waals surface area (Å²) in [5.41, 5.74) is 25.6. The summed E-state index contributed by atoms with van der Waals surface area (Å²) in [6.07, 6.45) is 7.55. The van der Waals surface area contributed by atoms with Crippen LogP contribution in [-0.4, -0.2) is 276 Å². The Hall–Kier alpha value is -13.4. The van der Waals surface area contributed by atoms with Gasteiger partial charge in [0.05, 0.1) is 46.4 Å². The molecule has 0 radical (unpaired) electrons. The smallest absolute Gasteiger partial charge is 0.410 e. The molecule has 0 spiro atoms. The third-order valence-corrected chi connectivity index (χ3v) is 23.2. The first-order valence-corrected chi connectivity index (χ1v) is 48.4. The van der Waals surface area contributed by atoms with Crippen LogP contribution < -0.4 is 65.8 Å². The molecule has 141 heavy (non-hydrogen) atoms. The fourth-order valence-corrected chi connectivity index (χ4v) is 15.8. The minimum absolute atomic E-state index is 0.00405. The molecule has 2 unspecified atom stereocenters. The summed E-state index contributed by atoms with van der Waals surface area (Å²) in [4.78, 5) is 111. The molecule has 0 bridgehead atoms. The molecule has 10 heterocycles.